The molecular formula is C20H26N4O2. The Labute approximate surface area is 154 Å². The number of hydrogen-bond acceptors (Lipinski definition) is 4. The van der Waals surface area contributed by atoms with E-state index in [1.165, 1.54) is 12.8 Å². The van der Waals surface area contributed by atoms with Crippen molar-refractivity contribution in [1.29, 1.82) is 0 Å². The quantitative estimate of drug-likeness (QED) is 0.800. The van der Waals surface area contributed by atoms with Gasteiger partial charge in [-0.2, -0.15) is 0 Å². The monoisotopic (exact) mass is 354 g/mol. The second-order valence-electron chi connectivity index (χ2n) is 7.54. The Hall–Kier alpha value is -2.37. The SMILES string of the molecule is COc1cccc(C(=O)N2CCCC(Cc3nncn3CC3CC3)C2)c1. The summed E-state index contributed by atoms with van der Waals surface area (Å²) in [5, 5.41) is 8.44. The first-order chi connectivity index (χ1) is 12.7. The number of nitrogens with zero attached hydrogens (tertiary/aromatic N) is 4. The highest BCUT2D eigenvalue weighted by atomic mass is 16.5. The van der Waals surface area contributed by atoms with Crippen LogP contribution in [0.15, 0.2) is 30.6 Å². The van der Waals surface area contributed by atoms with E-state index in [0.717, 1.165) is 56.4 Å². The first-order valence-electron chi connectivity index (χ1n) is 9.53. The topological polar surface area (TPSA) is 60.2 Å². The lowest BCUT2D eigenvalue weighted by molar-refractivity contribution is 0.0671. The minimum atomic E-state index is 0.0908. The molecule has 1 saturated carbocycles. The Morgan fingerprint density at radius 1 is 1.27 bits per heavy atom. The van der Waals surface area contributed by atoms with Gasteiger partial charge in [0.1, 0.15) is 17.9 Å². The summed E-state index contributed by atoms with van der Waals surface area (Å²) in [7, 11) is 1.62. The van der Waals surface area contributed by atoms with Gasteiger partial charge in [0.25, 0.3) is 5.91 Å². The van der Waals surface area contributed by atoms with Crippen LogP contribution in [0.3, 0.4) is 0 Å². The number of hydrogen-bond donors (Lipinski definition) is 0. The number of methoxy groups -OCH3 is 1. The van der Waals surface area contributed by atoms with Crippen molar-refractivity contribution in [3.8, 4) is 5.75 Å². The Balaban J connectivity index is 1.40. The van der Waals surface area contributed by atoms with Gasteiger partial charge in [0.2, 0.25) is 0 Å². The van der Waals surface area contributed by atoms with E-state index in [1.54, 1.807) is 7.11 Å². The summed E-state index contributed by atoms with van der Waals surface area (Å²) in [6.07, 6.45) is 7.58. The molecule has 0 spiro atoms. The number of aromatic nitrogens is 3. The molecule has 1 unspecified atom stereocenters. The van der Waals surface area contributed by atoms with Crippen LogP contribution < -0.4 is 4.74 Å². The summed E-state index contributed by atoms with van der Waals surface area (Å²) >= 11 is 0. The van der Waals surface area contributed by atoms with Crippen molar-refractivity contribution >= 4 is 5.91 Å². The van der Waals surface area contributed by atoms with Crippen LogP contribution >= 0.6 is 0 Å². The molecular weight excluding hydrogens is 328 g/mol. The highest BCUT2D eigenvalue weighted by Crippen LogP contribution is 2.31. The molecule has 1 saturated heterocycles. The second kappa shape index (κ2) is 7.48. The molecule has 26 heavy (non-hydrogen) atoms. The third-order valence-electron chi connectivity index (χ3n) is 5.44. The number of ether oxygens (including phenoxy) is 1. The average molecular weight is 354 g/mol. The van der Waals surface area contributed by atoms with E-state index < -0.39 is 0 Å². The van der Waals surface area contributed by atoms with Crippen molar-refractivity contribution in [2.75, 3.05) is 20.2 Å². The molecule has 0 radical (unpaired) electrons. The maximum Gasteiger partial charge on any atom is 0.253 e. The van der Waals surface area contributed by atoms with Crippen LogP contribution in [-0.2, 0) is 13.0 Å². The number of likely N-dealkylation sites (tertiary alicyclic amines) is 1. The van der Waals surface area contributed by atoms with Gasteiger partial charge in [0.15, 0.2) is 0 Å². The molecule has 1 aliphatic heterocycles. The number of carbonyl (C=O) groups excluding carboxylic acids is 1. The summed E-state index contributed by atoms with van der Waals surface area (Å²) in [5.41, 5.74) is 0.696. The van der Waals surface area contributed by atoms with Gasteiger partial charge in [-0.25, -0.2) is 0 Å². The third-order valence-corrected chi connectivity index (χ3v) is 5.44. The number of rotatable bonds is 6. The maximum atomic E-state index is 12.9. The van der Waals surface area contributed by atoms with Crippen LogP contribution in [0.2, 0.25) is 0 Å². The average Bonchev–Trinajstić information content (AvgIpc) is 3.40. The molecule has 2 heterocycles. The lowest BCUT2D eigenvalue weighted by Gasteiger charge is -2.32. The summed E-state index contributed by atoms with van der Waals surface area (Å²) in [4.78, 5) is 14.9. The van der Waals surface area contributed by atoms with Gasteiger partial charge in [0.05, 0.1) is 7.11 Å². The largest absolute Gasteiger partial charge is 0.497 e. The zero-order valence-corrected chi connectivity index (χ0v) is 15.3. The predicted octanol–water partition coefficient (Wildman–Crippen LogP) is 2.79. The molecule has 1 aromatic heterocycles. The number of benzene rings is 1. The Kier molecular flexibility index (Phi) is 4.91. The third kappa shape index (κ3) is 3.89. The van der Waals surface area contributed by atoms with Crippen LogP contribution in [0.5, 0.6) is 5.75 Å². The van der Waals surface area contributed by atoms with E-state index in [1.807, 2.05) is 35.5 Å². The first kappa shape index (κ1) is 17.1. The van der Waals surface area contributed by atoms with Crippen molar-refractivity contribution < 1.29 is 9.53 Å². The molecule has 0 N–H and O–H groups in total. The first-order valence-corrected chi connectivity index (χ1v) is 9.53. The number of amides is 1. The van der Waals surface area contributed by atoms with Crippen LogP contribution in [0.25, 0.3) is 0 Å². The molecule has 1 aliphatic carbocycles. The smallest absolute Gasteiger partial charge is 0.253 e. The maximum absolute atomic E-state index is 12.9. The van der Waals surface area contributed by atoms with Gasteiger partial charge in [-0.15, -0.1) is 10.2 Å². The number of carbonyl (C=O) groups is 1. The minimum absolute atomic E-state index is 0.0908. The normalized spacial score (nSPS) is 20.2. The zero-order chi connectivity index (χ0) is 17.9. The van der Waals surface area contributed by atoms with E-state index >= 15 is 0 Å². The molecule has 6 nitrogen and oxygen atoms in total. The van der Waals surface area contributed by atoms with Gasteiger partial charge in [-0.1, -0.05) is 6.07 Å². The standard InChI is InChI=1S/C20H26N4O2/c1-26-18-6-2-5-17(11-18)20(25)23-9-3-4-16(13-23)10-19-22-21-14-24(19)12-15-7-8-15/h2,5-6,11,14-16H,3-4,7-10,12-13H2,1H3. The Bertz CT molecular complexity index is 769. The molecule has 1 amide bonds. The Morgan fingerprint density at radius 3 is 2.96 bits per heavy atom. The molecule has 2 aliphatic rings. The molecule has 0 bridgehead atoms. The van der Waals surface area contributed by atoms with E-state index in [2.05, 4.69) is 14.8 Å². The molecule has 138 valence electrons. The van der Waals surface area contributed by atoms with Crippen molar-refractivity contribution in [3.63, 3.8) is 0 Å². The molecule has 6 heteroatoms. The zero-order valence-electron chi connectivity index (χ0n) is 15.3. The van der Waals surface area contributed by atoms with Crippen molar-refractivity contribution in [2.24, 2.45) is 11.8 Å². The summed E-state index contributed by atoms with van der Waals surface area (Å²) in [6, 6.07) is 7.41. The number of piperidine rings is 1. The van der Waals surface area contributed by atoms with E-state index in [4.69, 9.17) is 4.74 Å². The van der Waals surface area contributed by atoms with Gasteiger partial charge >= 0.3 is 0 Å². The minimum Gasteiger partial charge on any atom is -0.497 e. The van der Waals surface area contributed by atoms with Crippen LogP contribution in [0, 0.1) is 11.8 Å². The summed E-state index contributed by atoms with van der Waals surface area (Å²) in [6.45, 7) is 2.65. The van der Waals surface area contributed by atoms with Gasteiger partial charge < -0.3 is 14.2 Å². The highest BCUT2D eigenvalue weighted by Gasteiger charge is 2.27. The second-order valence-corrected chi connectivity index (χ2v) is 7.54. The van der Waals surface area contributed by atoms with Crippen LogP contribution in [0.4, 0.5) is 0 Å². The van der Waals surface area contributed by atoms with E-state index in [-0.39, 0.29) is 5.91 Å². The summed E-state index contributed by atoms with van der Waals surface area (Å²) < 4.78 is 7.45. The van der Waals surface area contributed by atoms with Crippen molar-refractivity contribution in [2.45, 2.75) is 38.6 Å². The summed E-state index contributed by atoms with van der Waals surface area (Å²) in [5.74, 6) is 3.13. The predicted molar refractivity (Wildman–Crippen MR) is 98.1 cm³/mol. The van der Waals surface area contributed by atoms with Gasteiger partial charge in [-0.05, 0) is 55.7 Å². The lowest BCUT2D eigenvalue weighted by atomic mass is 9.94. The van der Waals surface area contributed by atoms with E-state index in [0.29, 0.717) is 11.5 Å². The van der Waals surface area contributed by atoms with Crippen LogP contribution in [-0.4, -0.2) is 45.8 Å². The highest BCUT2D eigenvalue weighted by molar-refractivity contribution is 5.94. The van der Waals surface area contributed by atoms with Gasteiger partial charge in [0, 0.05) is 31.6 Å². The molecule has 4 rings (SSSR count). The fourth-order valence-electron chi connectivity index (χ4n) is 3.78. The van der Waals surface area contributed by atoms with Crippen molar-refractivity contribution in [1.82, 2.24) is 19.7 Å². The fraction of sp³-hybridized carbons (Fsp3) is 0.550. The van der Waals surface area contributed by atoms with Gasteiger partial charge in [-0.3, -0.25) is 4.79 Å². The molecule has 1 atom stereocenters. The van der Waals surface area contributed by atoms with E-state index in [9.17, 15) is 4.79 Å². The van der Waals surface area contributed by atoms with Crippen LogP contribution in [0.1, 0.15) is 41.9 Å². The molecule has 2 aromatic rings. The Morgan fingerprint density at radius 2 is 2.15 bits per heavy atom. The van der Waals surface area contributed by atoms with Crippen molar-refractivity contribution in [3.05, 3.63) is 42.0 Å². The molecule has 1 aromatic carbocycles. The fourth-order valence-corrected chi connectivity index (χ4v) is 3.78. The lowest BCUT2D eigenvalue weighted by Crippen LogP contribution is -2.40. The molecule has 2 fully saturated rings.